The first-order chi connectivity index (χ1) is 7.74. The Labute approximate surface area is 98.6 Å². The van der Waals surface area contributed by atoms with E-state index in [0.29, 0.717) is 0 Å². The summed E-state index contributed by atoms with van der Waals surface area (Å²) < 4.78 is 0. The van der Waals surface area contributed by atoms with E-state index in [1.165, 1.54) is 24.2 Å². The van der Waals surface area contributed by atoms with Gasteiger partial charge in [-0.15, -0.1) is 0 Å². The monoisotopic (exact) mass is 221 g/mol. The fraction of sp³-hybridized carbons (Fsp3) is 0.538. The summed E-state index contributed by atoms with van der Waals surface area (Å²) in [5.74, 6) is 0. The Bertz CT molecular complexity index is 280. The Kier molecular flexibility index (Phi) is 5.72. The molecule has 0 aliphatic rings. The van der Waals surface area contributed by atoms with Crippen LogP contribution in [0.3, 0.4) is 0 Å². The highest BCUT2D eigenvalue weighted by molar-refractivity contribution is 5.54. The first kappa shape index (κ1) is 12.8. The highest BCUT2D eigenvalue weighted by Crippen LogP contribution is 2.15. The van der Waals surface area contributed by atoms with E-state index in [4.69, 9.17) is 5.73 Å². The highest BCUT2D eigenvalue weighted by atomic mass is 15.1. The quantitative estimate of drug-likeness (QED) is 0.694. The molecule has 3 heteroatoms. The number of nitrogens with one attached hydrogen (secondary N) is 1. The van der Waals surface area contributed by atoms with Crippen LogP contribution in [0.4, 0.5) is 11.4 Å². The van der Waals surface area contributed by atoms with Gasteiger partial charge in [0.05, 0.1) is 0 Å². The summed E-state index contributed by atoms with van der Waals surface area (Å²) in [5, 5.41) is 3.41. The molecule has 0 heterocycles. The molecule has 0 fully saturated rings. The molecule has 3 nitrogen and oxygen atoms in total. The molecular weight excluding hydrogens is 198 g/mol. The second kappa shape index (κ2) is 7.12. The van der Waals surface area contributed by atoms with Gasteiger partial charge < -0.3 is 16.0 Å². The van der Waals surface area contributed by atoms with Crippen LogP contribution < -0.4 is 16.0 Å². The molecular formula is C13H23N3. The molecule has 0 spiro atoms. The minimum atomic E-state index is 0.803. The van der Waals surface area contributed by atoms with E-state index in [1.807, 2.05) is 0 Å². The Morgan fingerprint density at radius 1 is 1.06 bits per heavy atom. The van der Waals surface area contributed by atoms with Gasteiger partial charge in [-0.3, -0.25) is 0 Å². The van der Waals surface area contributed by atoms with E-state index in [-0.39, 0.29) is 0 Å². The van der Waals surface area contributed by atoms with Crippen molar-refractivity contribution in [3.63, 3.8) is 0 Å². The molecule has 0 aromatic heterocycles. The lowest BCUT2D eigenvalue weighted by Crippen LogP contribution is -2.08. The second-order valence-electron chi connectivity index (χ2n) is 4.22. The molecule has 0 unspecified atom stereocenters. The van der Waals surface area contributed by atoms with Gasteiger partial charge in [0.1, 0.15) is 0 Å². The third-order valence-corrected chi connectivity index (χ3v) is 2.59. The zero-order chi connectivity index (χ0) is 11.8. The molecule has 3 N–H and O–H groups in total. The Hall–Kier alpha value is -1.22. The van der Waals surface area contributed by atoms with Gasteiger partial charge in [-0.25, -0.2) is 0 Å². The fourth-order valence-corrected chi connectivity index (χ4v) is 1.56. The largest absolute Gasteiger partial charge is 0.385 e. The van der Waals surface area contributed by atoms with E-state index in [2.05, 4.69) is 48.6 Å². The number of hydrogen-bond acceptors (Lipinski definition) is 3. The number of hydrogen-bond donors (Lipinski definition) is 2. The number of nitrogens with zero attached hydrogens (tertiary/aromatic N) is 1. The van der Waals surface area contributed by atoms with Crippen LogP contribution in [0.5, 0.6) is 0 Å². The molecule has 1 rings (SSSR count). The van der Waals surface area contributed by atoms with Crippen molar-refractivity contribution in [2.24, 2.45) is 5.73 Å². The summed E-state index contributed by atoms with van der Waals surface area (Å²) in [7, 11) is 4.10. The maximum atomic E-state index is 5.44. The molecule has 90 valence electrons. The summed E-state index contributed by atoms with van der Waals surface area (Å²) in [5.41, 5.74) is 7.86. The number of anilines is 2. The number of benzene rings is 1. The Morgan fingerprint density at radius 2 is 1.75 bits per heavy atom. The van der Waals surface area contributed by atoms with E-state index in [1.54, 1.807) is 0 Å². The molecule has 1 aromatic rings. The van der Waals surface area contributed by atoms with Crippen molar-refractivity contribution in [3.05, 3.63) is 24.3 Å². The summed E-state index contributed by atoms with van der Waals surface area (Å²) in [6.45, 7) is 1.83. The van der Waals surface area contributed by atoms with Gasteiger partial charge in [-0.05, 0) is 43.7 Å². The highest BCUT2D eigenvalue weighted by Gasteiger charge is 1.95. The molecule has 16 heavy (non-hydrogen) atoms. The van der Waals surface area contributed by atoms with Crippen LogP contribution in [0.2, 0.25) is 0 Å². The van der Waals surface area contributed by atoms with Crippen LogP contribution in [-0.4, -0.2) is 27.2 Å². The van der Waals surface area contributed by atoms with E-state index in [9.17, 15) is 0 Å². The molecule has 0 aliphatic carbocycles. The van der Waals surface area contributed by atoms with Gasteiger partial charge in [0.2, 0.25) is 0 Å². The summed E-state index contributed by atoms with van der Waals surface area (Å²) in [4.78, 5) is 2.10. The normalized spacial score (nSPS) is 10.2. The van der Waals surface area contributed by atoms with Gasteiger partial charge in [-0.2, -0.15) is 0 Å². The number of nitrogens with two attached hydrogens (primary N) is 1. The van der Waals surface area contributed by atoms with Crippen LogP contribution >= 0.6 is 0 Å². The fourth-order valence-electron chi connectivity index (χ4n) is 1.56. The molecule has 0 bridgehead atoms. The molecule has 0 saturated carbocycles. The van der Waals surface area contributed by atoms with Crippen molar-refractivity contribution in [2.75, 3.05) is 37.4 Å². The zero-order valence-electron chi connectivity index (χ0n) is 10.4. The van der Waals surface area contributed by atoms with Gasteiger partial charge in [0.15, 0.2) is 0 Å². The Balaban J connectivity index is 2.27. The average molecular weight is 221 g/mol. The number of rotatable bonds is 7. The summed E-state index contributed by atoms with van der Waals surface area (Å²) in [6, 6.07) is 8.50. The predicted octanol–water partition coefficient (Wildman–Crippen LogP) is 2.29. The first-order valence-electron chi connectivity index (χ1n) is 5.95. The molecule has 0 radical (unpaired) electrons. The molecule has 1 aromatic carbocycles. The van der Waals surface area contributed by atoms with Crippen LogP contribution in [0.15, 0.2) is 24.3 Å². The third kappa shape index (κ3) is 4.53. The van der Waals surface area contributed by atoms with Gasteiger partial charge in [0.25, 0.3) is 0 Å². The van der Waals surface area contributed by atoms with Crippen LogP contribution in [0.25, 0.3) is 0 Å². The topological polar surface area (TPSA) is 41.3 Å². The predicted molar refractivity (Wildman–Crippen MR) is 72.2 cm³/mol. The van der Waals surface area contributed by atoms with Crippen molar-refractivity contribution < 1.29 is 0 Å². The zero-order valence-corrected chi connectivity index (χ0v) is 10.4. The standard InChI is InChI=1S/C13H23N3/c1-16(2)13-8-6-12(7-9-13)15-11-5-3-4-10-14/h6-9,15H,3-5,10-11,14H2,1-2H3. The van der Waals surface area contributed by atoms with Crippen LogP contribution in [-0.2, 0) is 0 Å². The van der Waals surface area contributed by atoms with Gasteiger partial charge >= 0.3 is 0 Å². The average Bonchev–Trinajstić information content (AvgIpc) is 2.29. The first-order valence-corrected chi connectivity index (χ1v) is 5.95. The van der Waals surface area contributed by atoms with Crippen molar-refractivity contribution in [3.8, 4) is 0 Å². The maximum absolute atomic E-state index is 5.44. The summed E-state index contributed by atoms with van der Waals surface area (Å²) in [6.07, 6.45) is 3.52. The second-order valence-corrected chi connectivity index (χ2v) is 4.22. The lowest BCUT2D eigenvalue weighted by atomic mass is 10.2. The van der Waals surface area contributed by atoms with E-state index in [0.717, 1.165) is 19.5 Å². The smallest absolute Gasteiger partial charge is 0.0362 e. The van der Waals surface area contributed by atoms with Crippen LogP contribution in [0.1, 0.15) is 19.3 Å². The molecule has 0 amide bonds. The van der Waals surface area contributed by atoms with E-state index >= 15 is 0 Å². The van der Waals surface area contributed by atoms with Crippen molar-refractivity contribution in [1.82, 2.24) is 0 Å². The molecule has 0 atom stereocenters. The minimum absolute atomic E-state index is 0.803. The lowest BCUT2D eigenvalue weighted by molar-refractivity contribution is 0.707. The molecule has 0 saturated heterocycles. The summed E-state index contributed by atoms with van der Waals surface area (Å²) >= 11 is 0. The minimum Gasteiger partial charge on any atom is -0.385 e. The lowest BCUT2D eigenvalue weighted by Gasteiger charge is -2.13. The van der Waals surface area contributed by atoms with Crippen molar-refractivity contribution >= 4 is 11.4 Å². The van der Waals surface area contributed by atoms with Crippen molar-refractivity contribution in [2.45, 2.75) is 19.3 Å². The molecule has 0 aliphatic heterocycles. The number of unbranched alkanes of at least 4 members (excludes halogenated alkanes) is 2. The maximum Gasteiger partial charge on any atom is 0.0362 e. The third-order valence-electron chi connectivity index (χ3n) is 2.59. The Morgan fingerprint density at radius 3 is 2.31 bits per heavy atom. The SMILES string of the molecule is CN(C)c1ccc(NCCCCCN)cc1. The van der Waals surface area contributed by atoms with Gasteiger partial charge in [-0.1, -0.05) is 6.42 Å². The van der Waals surface area contributed by atoms with Crippen molar-refractivity contribution in [1.29, 1.82) is 0 Å². The van der Waals surface area contributed by atoms with E-state index < -0.39 is 0 Å². The van der Waals surface area contributed by atoms with Gasteiger partial charge in [0, 0.05) is 32.0 Å². The van der Waals surface area contributed by atoms with Crippen LogP contribution in [0, 0.1) is 0 Å².